The Labute approximate surface area is 146 Å². The summed E-state index contributed by atoms with van der Waals surface area (Å²) in [6.45, 7) is 1.39. The van der Waals surface area contributed by atoms with Gasteiger partial charge in [-0.15, -0.1) is 11.8 Å². The summed E-state index contributed by atoms with van der Waals surface area (Å²) in [5.41, 5.74) is -0.121. The predicted octanol–water partition coefficient (Wildman–Crippen LogP) is 4.39. The number of anilines is 2. The lowest BCUT2D eigenvalue weighted by molar-refractivity contribution is -0.137. The standard InChI is InChI=1S/C17H15F3N2O2S/c1-11(23)21-14-6-3-7-15(9-14)25-10-16(24)22-13-5-2-4-12(8-13)17(18,19)20/h2-9H,10H2,1H3,(H,21,23)(H,22,24). The molecular weight excluding hydrogens is 353 g/mol. The summed E-state index contributed by atoms with van der Waals surface area (Å²) in [7, 11) is 0. The fourth-order valence-corrected chi connectivity index (χ4v) is 2.74. The van der Waals surface area contributed by atoms with Crippen molar-refractivity contribution in [2.45, 2.75) is 18.0 Å². The molecule has 0 bridgehead atoms. The molecule has 0 aliphatic carbocycles. The van der Waals surface area contributed by atoms with Crippen molar-refractivity contribution in [2.75, 3.05) is 16.4 Å². The molecule has 2 N–H and O–H groups in total. The Morgan fingerprint density at radius 1 is 1.00 bits per heavy atom. The number of carbonyl (C=O) groups excluding carboxylic acids is 2. The van der Waals surface area contributed by atoms with E-state index in [1.807, 2.05) is 0 Å². The Hall–Kier alpha value is -2.48. The largest absolute Gasteiger partial charge is 0.416 e. The molecule has 0 unspecified atom stereocenters. The van der Waals surface area contributed by atoms with Gasteiger partial charge in [0, 0.05) is 23.2 Å². The average molecular weight is 368 g/mol. The normalized spacial score (nSPS) is 11.0. The minimum atomic E-state index is -4.46. The highest BCUT2D eigenvalue weighted by Gasteiger charge is 2.30. The lowest BCUT2D eigenvalue weighted by Gasteiger charge is -2.10. The van der Waals surface area contributed by atoms with Crippen molar-refractivity contribution in [2.24, 2.45) is 0 Å². The van der Waals surface area contributed by atoms with Crippen LogP contribution in [0, 0.1) is 0 Å². The monoisotopic (exact) mass is 368 g/mol. The Kier molecular flexibility index (Phi) is 6.08. The van der Waals surface area contributed by atoms with E-state index in [-0.39, 0.29) is 17.3 Å². The molecule has 0 aliphatic rings. The number of rotatable bonds is 5. The molecule has 4 nitrogen and oxygen atoms in total. The second-order valence-electron chi connectivity index (χ2n) is 5.12. The van der Waals surface area contributed by atoms with E-state index in [0.717, 1.165) is 17.0 Å². The van der Waals surface area contributed by atoms with Crippen LogP contribution in [0.5, 0.6) is 0 Å². The molecule has 0 atom stereocenters. The smallest absolute Gasteiger partial charge is 0.326 e. The van der Waals surface area contributed by atoms with E-state index < -0.39 is 17.6 Å². The summed E-state index contributed by atoms with van der Waals surface area (Å²) >= 11 is 1.21. The van der Waals surface area contributed by atoms with Crippen LogP contribution >= 0.6 is 11.8 Å². The number of benzene rings is 2. The van der Waals surface area contributed by atoms with Crippen LogP contribution in [0.4, 0.5) is 24.5 Å². The van der Waals surface area contributed by atoms with Crippen LogP contribution in [-0.2, 0) is 15.8 Å². The number of alkyl halides is 3. The number of thioether (sulfide) groups is 1. The molecule has 25 heavy (non-hydrogen) atoms. The minimum absolute atomic E-state index is 0.0275. The first kappa shape index (κ1) is 18.9. The molecule has 0 saturated carbocycles. The van der Waals surface area contributed by atoms with Crippen LogP contribution in [0.2, 0.25) is 0 Å². The number of nitrogens with one attached hydrogen (secondary N) is 2. The third kappa shape index (κ3) is 6.15. The quantitative estimate of drug-likeness (QED) is 0.770. The summed E-state index contributed by atoms with van der Waals surface area (Å²) in [5.74, 6) is -0.599. The number of amides is 2. The molecule has 132 valence electrons. The number of hydrogen-bond donors (Lipinski definition) is 2. The van der Waals surface area contributed by atoms with Gasteiger partial charge < -0.3 is 10.6 Å². The number of halogens is 3. The van der Waals surface area contributed by atoms with E-state index >= 15 is 0 Å². The first-order chi connectivity index (χ1) is 11.7. The molecule has 2 rings (SSSR count). The minimum Gasteiger partial charge on any atom is -0.326 e. The summed E-state index contributed by atoms with van der Waals surface area (Å²) in [6.07, 6.45) is -4.46. The van der Waals surface area contributed by atoms with E-state index in [2.05, 4.69) is 10.6 Å². The Bertz CT molecular complexity index is 778. The van der Waals surface area contributed by atoms with Crippen molar-refractivity contribution in [1.29, 1.82) is 0 Å². The van der Waals surface area contributed by atoms with Crippen LogP contribution in [0.3, 0.4) is 0 Å². The zero-order valence-corrected chi connectivity index (χ0v) is 14.0. The van der Waals surface area contributed by atoms with Crippen molar-refractivity contribution in [3.05, 3.63) is 54.1 Å². The first-order valence-corrected chi connectivity index (χ1v) is 8.20. The van der Waals surface area contributed by atoms with Crippen LogP contribution in [0.1, 0.15) is 12.5 Å². The molecule has 2 amide bonds. The van der Waals surface area contributed by atoms with Crippen LogP contribution in [0.25, 0.3) is 0 Å². The lowest BCUT2D eigenvalue weighted by Crippen LogP contribution is -2.15. The molecular formula is C17H15F3N2O2S. The van der Waals surface area contributed by atoms with Gasteiger partial charge in [0.05, 0.1) is 11.3 Å². The average Bonchev–Trinajstić information content (AvgIpc) is 2.52. The van der Waals surface area contributed by atoms with Crippen molar-refractivity contribution >= 4 is 35.0 Å². The molecule has 0 radical (unpaired) electrons. The highest BCUT2D eigenvalue weighted by molar-refractivity contribution is 8.00. The van der Waals surface area contributed by atoms with Crippen molar-refractivity contribution < 1.29 is 22.8 Å². The highest BCUT2D eigenvalue weighted by Crippen LogP contribution is 2.30. The van der Waals surface area contributed by atoms with Gasteiger partial charge in [0.2, 0.25) is 11.8 Å². The maximum Gasteiger partial charge on any atom is 0.416 e. The van der Waals surface area contributed by atoms with Gasteiger partial charge in [0.15, 0.2) is 0 Å². The molecule has 0 fully saturated rings. The van der Waals surface area contributed by atoms with Gasteiger partial charge in [-0.1, -0.05) is 12.1 Å². The van der Waals surface area contributed by atoms with Crippen LogP contribution < -0.4 is 10.6 Å². The van der Waals surface area contributed by atoms with E-state index in [0.29, 0.717) is 5.69 Å². The Balaban J connectivity index is 1.94. The highest BCUT2D eigenvalue weighted by atomic mass is 32.2. The molecule has 0 saturated heterocycles. The fourth-order valence-electron chi connectivity index (χ4n) is 1.99. The summed E-state index contributed by atoms with van der Waals surface area (Å²) in [5, 5.41) is 5.08. The summed E-state index contributed by atoms with van der Waals surface area (Å²) in [4.78, 5) is 23.7. The zero-order valence-electron chi connectivity index (χ0n) is 13.2. The molecule has 8 heteroatoms. The molecule has 0 aliphatic heterocycles. The van der Waals surface area contributed by atoms with Gasteiger partial charge in [-0.3, -0.25) is 9.59 Å². The maximum absolute atomic E-state index is 12.7. The lowest BCUT2D eigenvalue weighted by atomic mass is 10.2. The van der Waals surface area contributed by atoms with Gasteiger partial charge in [0.1, 0.15) is 0 Å². The van der Waals surface area contributed by atoms with Gasteiger partial charge in [0.25, 0.3) is 0 Å². The van der Waals surface area contributed by atoms with E-state index in [1.165, 1.54) is 30.8 Å². The summed E-state index contributed by atoms with van der Waals surface area (Å²) in [6, 6.07) is 11.4. The van der Waals surface area contributed by atoms with Crippen molar-refractivity contribution in [1.82, 2.24) is 0 Å². The second kappa shape index (κ2) is 8.06. The molecule has 2 aromatic carbocycles. The molecule has 0 heterocycles. The SMILES string of the molecule is CC(=O)Nc1cccc(SCC(=O)Nc2cccc(C(F)(F)F)c2)c1. The third-order valence-electron chi connectivity index (χ3n) is 3.00. The topological polar surface area (TPSA) is 58.2 Å². The van der Waals surface area contributed by atoms with Gasteiger partial charge in [-0.2, -0.15) is 13.2 Å². The first-order valence-electron chi connectivity index (χ1n) is 7.21. The van der Waals surface area contributed by atoms with E-state index in [1.54, 1.807) is 24.3 Å². The van der Waals surface area contributed by atoms with Crippen LogP contribution in [0.15, 0.2) is 53.4 Å². The predicted molar refractivity (Wildman–Crippen MR) is 91.5 cm³/mol. The number of hydrogen-bond acceptors (Lipinski definition) is 3. The molecule has 0 spiro atoms. The summed E-state index contributed by atoms with van der Waals surface area (Å²) < 4.78 is 38.0. The van der Waals surface area contributed by atoms with Crippen molar-refractivity contribution in [3.8, 4) is 0 Å². The van der Waals surface area contributed by atoms with Gasteiger partial charge in [-0.25, -0.2) is 0 Å². The maximum atomic E-state index is 12.7. The van der Waals surface area contributed by atoms with E-state index in [4.69, 9.17) is 0 Å². The van der Waals surface area contributed by atoms with Crippen molar-refractivity contribution in [3.63, 3.8) is 0 Å². The fraction of sp³-hybridized carbons (Fsp3) is 0.176. The number of carbonyl (C=O) groups is 2. The van der Waals surface area contributed by atoms with Gasteiger partial charge >= 0.3 is 6.18 Å². The second-order valence-corrected chi connectivity index (χ2v) is 6.17. The Morgan fingerprint density at radius 3 is 2.28 bits per heavy atom. The third-order valence-corrected chi connectivity index (χ3v) is 3.99. The van der Waals surface area contributed by atoms with Gasteiger partial charge in [-0.05, 0) is 36.4 Å². The molecule has 2 aromatic rings. The van der Waals surface area contributed by atoms with Crippen LogP contribution in [-0.4, -0.2) is 17.6 Å². The molecule has 0 aromatic heterocycles. The zero-order chi connectivity index (χ0) is 18.4. The van der Waals surface area contributed by atoms with E-state index in [9.17, 15) is 22.8 Å². The Morgan fingerprint density at radius 2 is 1.64 bits per heavy atom.